The molecule has 4 fully saturated rings. The molecule has 0 bridgehead atoms. The van der Waals surface area contributed by atoms with Crippen molar-refractivity contribution in [1.82, 2.24) is 30.1 Å². The number of carbonyl (C=O) groups is 4. The number of carbonyl (C=O) groups excluding carboxylic acids is 4. The molecule has 1 unspecified atom stereocenters. The maximum atomic E-state index is 14.4. The maximum Gasteiger partial charge on any atom is 0.410 e. The highest BCUT2D eigenvalue weighted by atomic mass is 32.2. The van der Waals surface area contributed by atoms with Crippen molar-refractivity contribution < 1.29 is 36.7 Å². The summed E-state index contributed by atoms with van der Waals surface area (Å²) in [4.78, 5) is 63.4. The Hall–Kier alpha value is -3.60. The van der Waals surface area contributed by atoms with Gasteiger partial charge in [-0.05, 0) is 114 Å². The third-order valence-corrected chi connectivity index (χ3v) is 12.0. The predicted octanol–water partition coefficient (Wildman–Crippen LogP) is 2.69. The summed E-state index contributed by atoms with van der Waals surface area (Å²) in [6, 6.07) is 3.88. The quantitative estimate of drug-likeness (QED) is 0.219. The minimum absolute atomic E-state index is 0.000870. The second-order valence-electron chi connectivity index (χ2n) is 15.4. The second kappa shape index (κ2) is 17.7. The van der Waals surface area contributed by atoms with Crippen LogP contribution >= 0.6 is 0 Å². The van der Waals surface area contributed by atoms with Crippen LogP contribution in [0.15, 0.2) is 28.7 Å². The Morgan fingerprint density at radius 1 is 1.00 bits per heavy atom. The van der Waals surface area contributed by atoms with Crippen LogP contribution in [0.25, 0.3) is 11.1 Å². The molecule has 5 N–H and O–H groups in total. The van der Waals surface area contributed by atoms with Crippen LogP contribution in [0, 0.1) is 11.8 Å². The first kappa shape index (κ1) is 39.1. The van der Waals surface area contributed by atoms with Crippen LogP contribution in [0.2, 0.25) is 0 Å². The molecule has 1 aliphatic carbocycles. The maximum absolute atomic E-state index is 14.4. The minimum atomic E-state index is -3.80. The van der Waals surface area contributed by atoms with Crippen LogP contribution in [0.1, 0.15) is 94.2 Å². The van der Waals surface area contributed by atoms with Crippen LogP contribution in [-0.4, -0.2) is 116 Å². The molecule has 0 radical (unpaired) electrons. The molecule has 0 spiro atoms. The highest BCUT2D eigenvalue weighted by Gasteiger charge is 2.45. The van der Waals surface area contributed by atoms with Gasteiger partial charge in [-0.1, -0.05) is 12.1 Å². The SMILES string of the molecule is CS(=O)(=O)N[C@H](CCC1CCNCC1)C(=O)N1C[C@H](OC(=O)N2CCCCC2)C[C@H]1C(=O)NC(C[C@H]1CC[C@H](N)CC1)C(=O)c1nc2ccccc2o1. The molecule has 2 aromatic rings. The largest absolute Gasteiger partial charge is 0.444 e. The lowest BCUT2D eigenvalue weighted by Gasteiger charge is -2.31. The number of Topliss-reactive ketones (excluding diaryl/α,β-unsaturated/α-hetero) is 1. The zero-order valence-electron chi connectivity index (χ0n) is 30.7. The smallest absolute Gasteiger partial charge is 0.410 e. The number of nitrogens with two attached hydrogens (primary N) is 1. The number of hydrogen-bond acceptors (Lipinski definition) is 11. The van der Waals surface area contributed by atoms with Crippen molar-refractivity contribution in [2.75, 3.05) is 39.0 Å². The van der Waals surface area contributed by atoms with E-state index < -0.39 is 57.9 Å². The van der Waals surface area contributed by atoms with E-state index in [1.807, 2.05) is 0 Å². The molecular weight excluding hydrogens is 703 g/mol. The van der Waals surface area contributed by atoms with E-state index in [9.17, 15) is 27.6 Å². The average molecular weight is 758 g/mol. The van der Waals surface area contributed by atoms with Gasteiger partial charge in [0.05, 0.1) is 18.8 Å². The Balaban J connectivity index is 1.24. The summed E-state index contributed by atoms with van der Waals surface area (Å²) in [5.74, 6) is -1.31. The first-order valence-corrected chi connectivity index (χ1v) is 21.2. The molecule has 4 heterocycles. The molecule has 4 atom stereocenters. The summed E-state index contributed by atoms with van der Waals surface area (Å²) in [7, 11) is -3.80. The summed E-state index contributed by atoms with van der Waals surface area (Å²) in [6.07, 6.45) is 8.74. The lowest BCUT2D eigenvalue weighted by molar-refractivity contribution is -0.140. The fourth-order valence-corrected chi connectivity index (χ4v) is 9.05. The van der Waals surface area contributed by atoms with Crippen LogP contribution in [0.5, 0.6) is 0 Å². The van der Waals surface area contributed by atoms with Gasteiger partial charge in [0.15, 0.2) is 5.58 Å². The average Bonchev–Trinajstić information content (AvgIpc) is 3.78. The summed E-state index contributed by atoms with van der Waals surface area (Å²) in [6.45, 7) is 2.77. The Kier molecular flexibility index (Phi) is 13.1. The molecule has 1 aromatic carbocycles. The Bertz CT molecular complexity index is 1670. The van der Waals surface area contributed by atoms with Gasteiger partial charge in [-0.25, -0.2) is 22.9 Å². The number of aromatic nitrogens is 1. The van der Waals surface area contributed by atoms with Crippen LogP contribution < -0.4 is 21.1 Å². The van der Waals surface area contributed by atoms with E-state index in [0.717, 1.165) is 77.1 Å². The number of sulfonamides is 1. The van der Waals surface area contributed by atoms with Gasteiger partial charge in [-0.15, -0.1) is 0 Å². The highest BCUT2D eigenvalue weighted by molar-refractivity contribution is 7.88. The van der Waals surface area contributed by atoms with Gasteiger partial charge < -0.3 is 35.3 Å². The topological polar surface area (TPSA) is 206 Å². The van der Waals surface area contributed by atoms with Gasteiger partial charge in [0.25, 0.3) is 5.89 Å². The van der Waals surface area contributed by atoms with E-state index in [0.29, 0.717) is 42.9 Å². The summed E-state index contributed by atoms with van der Waals surface area (Å²) in [5, 5.41) is 6.27. The summed E-state index contributed by atoms with van der Waals surface area (Å²) < 4.78 is 39.3. The molecule has 15 nitrogen and oxygen atoms in total. The van der Waals surface area contributed by atoms with Crippen molar-refractivity contribution in [3.8, 4) is 0 Å². The number of ether oxygens (including phenoxy) is 1. The van der Waals surface area contributed by atoms with Crippen LogP contribution in [0.3, 0.4) is 0 Å². The molecule has 292 valence electrons. The fraction of sp³-hybridized carbons (Fsp3) is 0.703. The normalized spacial score (nSPS) is 25.5. The zero-order valence-corrected chi connectivity index (χ0v) is 31.5. The van der Waals surface area contributed by atoms with E-state index in [-0.39, 0.29) is 37.2 Å². The molecular formula is C37H55N7O8S. The van der Waals surface area contributed by atoms with E-state index in [2.05, 4.69) is 20.3 Å². The number of rotatable bonds is 13. The first-order valence-electron chi connectivity index (χ1n) is 19.3. The number of para-hydroxylation sites is 2. The van der Waals surface area contributed by atoms with Gasteiger partial charge in [0, 0.05) is 25.6 Å². The number of nitrogens with zero attached hydrogens (tertiary/aromatic N) is 3. The monoisotopic (exact) mass is 757 g/mol. The second-order valence-corrected chi connectivity index (χ2v) is 17.2. The molecule has 3 aliphatic heterocycles. The summed E-state index contributed by atoms with van der Waals surface area (Å²) in [5.41, 5.74) is 7.13. The Morgan fingerprint density at radius 2 is 1.72 bits per heavy atom. The molecule has 53 heavy (non-hydrogen) atoms. The number of amides is 3. The third-order valence-electron chi connectivity index (χ3n) is 11.3. The van der Waals surface area contributed by atoms with Crippen molar-refractivity contribution in [1.29, 1.82) is 0 Å². The molecule has 1 aromatic heterocycles. The van der Waals surface area contributed by atoms with E-state index in [4.69, 9.17) is 14.9 Å². The molecule has 1 saturated carbocycles. The Labute approximate surface area is 311 Å². The number of nitrogens with one attached hydrogen (secondary N) is 3. The first-order chi connectivity index (χ1) is 25.4. The third kappa shape index (κ3) is 10.5. The molecule has 4 aliphatic rings. The van der Waals surface area contributed by atoms with E-state index in [1.165, 1.54) is 4.90 Å². The molecule has 3 saturated heterocycles. The number of piperidine rings is 2. The van der Waals surface area contributed by atoms with Crippen molar-refractivity contribution in [3.63, 3.8) is 0 Å². The Morgan fingerprint density at radius 3 is 2.42 bits per heavy atom. The van der Waals surface area contributed by atoms with Crippen molar-refractivity contribution in [2.45, 2.75) is 114 Å². The lowest BCUT2D eigenvalue weighted by Crippen LogP contribution is -2.55. The summed E-state index contributed by atoms with van der Waals surface area (Å²) >= 11 is 0. The van der Waals surface area contributed by atoms with Gasteiger partial charge in [-0.3, -0.25) is 14.4 Å². The number of likely N-dealkylation sites (tertiary alicyclic amines) is 2. The minimum Gasteiger partial charge on any atom is -0.444 e. The predicted molar refractivity (Wildman–Crippen MR) is 197 cm³/mol. The van der Waals surface area contributed by atoms with Crippen molar-refractivity contribution >= 4 is 44.8 Å². The molecule has 3 amide bonds. The van der Waals surface area contributed by atoms with E-state index >= 15 is 0 Å². The number of fused-ring (bicyclic) bond motifs is 1. The lowest BCUT2D eigenvalue weighted by atomic mass is 9.82. The van der Waals surface area contributed by atoms with Crippen molar-refractivity contribution in [3.05, 3.63) is 30.2 Å². The number of oxazole rings is 1. The van der Waals surface area contributed by atoms with Crippen LogP contribution in [-0.2, 0) is 24.3 Å². The molecule has 6 rings (SSSR count). The number of hydrogen-bond donors (Lipinski definition) is 4. The van der Waals surface area contributed by atoms with Gasteiger partial charge in [0.2, 0.25) is 27.6 Å². The fourth-order valence-electron chi connectivity index (χ4n) is 8.32. The highest BCUT2D eigenvalue weighted by Crippen LogP contribution is 2.30. The van der Waals surface area contributed by atoms with Gasteiger partial charge >= 0.3 is 6.09 Å². The van der Waals surface area contributed by atoms with E-state index in [1.54, 1.807) is 29.2 Å². The van der Waals surface area contributed by atoms with Crippen molar-refractivity contribution in [2.24, 2.45) is 17.6 Å². The number of benzene rings is 1. The standard InChI is InChI=1S/C37H55N7O8S/c1-53(49,50)42-29(14-11-24-15-17-39-18-16-24)36(47)44-23-27(51-37(48)43-19-5-2-6-20-43)22-31(44)34(46)40-30(21-25-9-12-26(38)13-10-25)33(45)35-41-28-7-3-4-8-32(28)52-35/h3-4,7-8,24-27,29-31,39,42H,2,5-6,9-23,38H2,1H3,(H,40,46)/t25-,26-,27-,29-,30?,31+/m1/s1. The molecule has 16 heteroatoms. The number of ketones is 1. The zero-order chi connectivity index (χ0) is 37.5. The van der Waals surface area contributed by atoms with Gasteiger partial charge in [0.1, 0.15) is 23.7 Å². The van der Waals surface area contributed by atoms with Crippen LogP contribution in [0.4, 0.5) is 4.79 Å². The van der Waals surface area contributed by atoms with Gasteiger partial charge in [-0.2, -0.15) is 0 Å².